The third-order valence-corrected chi connectivity index (χ3v) is 2.53. The zero-order chi connectivity index (χ0) is 13.8. The summed E-state index contributed by atoms with van der Waals surface area (Å²) in [5.41, 5.74) is 0.738. The zero-order valence-corrected chi connectivity index (χ0v) is 10.3. The summed E-state index contributed by atoms with van der Waals surface area (Å²) >= 11 is 5.81. The average molecular weight is 281 g/mol. The van der Waals surface area contributed by atoms with Gasteiger partial charge in [0.1, 0.15) is 0 Å². The van der Waals surface area contributed by atoms with Crippen molar-refractivity contribution >= 4 is 23.5 Å². The fraction of sp³-hybridized carbons (Fsp3) is 0.0833. The molecule has 2 rings (SSSR count). The van der Waals surface area contributed by atoms with Gasteiger partial charge in [-0.2, -0.15) is 0 Å². The topological polar surface area (TPSA) is 92.4 Å². The van der Waals surface area contributed by atoms with Gasteiger partial charge in [-0.05, 0) is 17.7 Å². The standard InChI is InChI=1S/C12H9ClN2O4/c13-8-3-1-2-7(4-8)6-14-11(16)9-5-10(12(17)18)19-15-9/h1-5H,6H2,(H,14,16)(H,17,18). The number of carboxylic acid groups (broad SMARTS) is 1. The van der Waals surface area contributed by atoms with Crippen LogP contribution in [0.3, 0.4) is 0 Å². The number of aromatic carboxylic acids is 1. The minimum Gasteiger partial charge on any atom is -0.475 e. The van der Waals surface area contributed by atoms with E-state index >= 15 is 0 Å². The molecule has 1 aromatic heterocycles. The Bertz CT molecular complexity index is 624. The molecule has 0 aliphatic heterocycles. The van der Waals surface area contributed by atoms with Gasteiger partial charge >= 0.3 is 5.97 Å². The number of nitrogens with zero attached hydrogens (tertiary/aromatic N) is 1. The van der Waals surface area contributed by atoms with E-state index in [0.29, 0.717) is 5.02 Å². The lowest BCUT2D eigenvalue weighted by Crippen LogP contribution is -2.23. The number of carbonyl (C=O) groups excluding carboxylic acids is 1. The molecule has 1 heterocycles. The lowest BCUT2D eigenvalue weighted by atomic mass is 10.2. The van der Waals surface area contributed by atoms with Crippen LogP contribution in [0.5, 0.6) is 0 Å². The minimum absolute atomic E-state index is 0.0839. The van der Waals surface area contributed by atoms with E-state index in [9.17, 15) is 9.59 Å². The second-order valence-electron chi connectivity index (χ2n) is 3.69. The highest BCUT2D eigenvalue weighted by Crippen LogP contribution is 2.10. The highest BCUT2D eigenvalue weighted by molar-refractivity contribution is 6.30. The highest BCUT2D eigenvalue weighted by atomic mass is 35.5. The number of benzene rings is 1. The van der Waals surface area contributed by atoms with Crippen molar-refractivity contribution in [2.24, 2.45) is 0 Å². The summed E-state index contributed by atoms with van der Waals surface area (Å²) in [5, 5.41) is 15.2. The van der Waals surface area contributed by atoms with E-state index in [0.717, 1.165) is 11.6 Å². The van der Waals surface area contributed by atoms with Gasteiger partial charge in [-0.15, -0.1) is 0 Å². The molecule has 1 amide bonds. The van der Waals surface area contributed by atoms with Crippen LogP contribution in [0, 0.1) is 0 Å². The molecule has 0 atom stereocenters. The van der Waals surface area contributed by atoms with Crippen LogP contribution in [0.4, 0.5) is 0 Å². The van der Waals surface area contributed by atoms with Gasteiger partial charge in [-0.1, -0.05) is 28.9 Å². The van der Waals surface area contributed by atoms with Crippen LogP contribution in [0.25, 0.3) is 0 Å². The Kier molecular flexibility index (Phi) is 3.82. The average Bonchev–Trinajstić information content (AvgIpc) is 2.86. The van der Waals surface area contributed by atoms with Gasteiger partial charge in [0.25, 0.3) is 5.91 Å². The van der Waals surface area contributed by atoms with Crippen LogP contribution in [0.2, 0.25) is 5.02 Å². The van der Waals surface area contributed by atoms with E-state index < -0.39 is 11.9 Å². The molecule has 0 aliphatic rings. The summed E-state index contributed by atoms with van der Waals surface area (Å²) in [7, 11) is 0. The van der Waals surface area contributed by atoms with E-state index in [2.05, 4.69) is 15.0 Å². The monoisotopic (exact) mass is 280 g/mol. The van der Waals surface area contributed by atoms with Crippen molar-refractivity contribution in [1.82, 2.24) is 10.5 Å². The second-order valence-corrected chi connectivity index (χ2v) is 4.13. The molecule has 0 radical (unpaired) electrons. The molecule has 0 fully saturated rings. The molecule has 19 heavy (non-hydrogen) atoms. The van der Waals surface area contributed by atoms with Crippen LogP contribution in [0.15, 0.2) is 34.9 Å². The van der Waals surface area contributed by atoms with Crippen molar-refractivity contribution in [3.63, 3.8) is 0 Å². The van der Waals surface area contributed by atoms with Crippen LogP contribution < -0.4 is 5.32 Å². The predicted octanol–water partition coefficient (Wildman–Crippen LogP) is 1.96. The lowest BCUT2D eigenvalue weighted by molar-refractivity contribution is 0.0651. The molecule has 98 valence electrons. The van der Waals surface area contributed by atoms with Crippen molar-refractivity contribution < 1.29 is 19.2 Å². The van der Waals surface area contributed by atoms with E-state index in [1.54, 1.807) is 24.3 Å². The molecule has 0 bridgehead atoms. The van der Waals surface area contributed by atoms with Crippen molar-refractivity contribution in [3.8, 4) is 0 Å². The van der Waals surface area contributed by atoms with Crippen LogP contribution >= 0.6 is 11.6 Å². The first-order valence-corrected chi connectivity index (χ1v) is 5.66. The van der Waals surface area contributed by atoms with Crippen molar-refractivity contribution in [3.05, 3.63) is 52.4 Å². The number of aromatic nitrogens is 1. The Morgan fingerprint density at radius 3 is 2.79 bits per heavy atom. The molecule has 0 aliphatic carbocycles. The predicted molar refractivity (Wildman–Crippen MR) is 66.1 cm³/mol. The van der Waals surface area contributed by atoms with Gasteiger partial charge in [0.15, 0.2) is 5.69 Å². The van der Waals surface area contributed by atoms with E-state index in [1.807, 2.05) is 0 Å². The number of amides is 1. The first-order valence-electron chi connectivity index (χ1n) is 5.29. The maximum absolute atomic E-state index is 11.7. The molecule has 0 spiro atoms. The highest BCUT2D eigenvalue weighted by Gasteiger charge is 2.16. The van der Waals surface area contributed by atoms with Gasteiger partial charge in [0.2, 0.25) is 5.76 Å². The first-order chi connectivity index (χ1) is 9.06. The molecule has 1 aromatic carbocycles. The molecule has 2 N–H and O–H groups in total. The maximum Gasteiger partial charge on any atom is 0.374 e. The SMILES string of the molecule is O=C(NCc1cccc(Cl)c1)c1cc(C(=O)O)on1. The Morgan fingerprint density at radius 1 is 1.37 bits per heavy atom. The second kappa shape index (κ2) is 5.53. The Morgan fingerprint density at radius 2 is 2.16 bits per heavy atom. The van der Waals surface area contributed by atoms with Crippen LogP contribution in [-0.2, 0) is 6.54 Å². The summed E-state index contributed by atoms with van der Waals surface area (Å²) in [4.78, 5) is 22.3. The van der Waals surface area contributed by atoms with Crippen molar-refractivity contribution in [1.29, 1.82) is 0 Å². The summed E-state index contributed by atoms with van der Waals surface area (Å²) < 4.78 is 4.49. The maximum atomic E-state index is 11.7. The molecule has 6 nitrogen and oxygen atoms in total. The zero-order valence-electron chi connectivity index (χ0n) is 9.59. The van der Waals surface area contributed by atoms with E-state index in [1.165, 1.54) is 0 Å². The van der Waals surface area contributed by atoms with Crippen molar-refractivity contribution in [2.75, 3.05) is 0 Å². The largest absolute Gasteiger partial charge is 0.475 e. The summed E-state index contributed by atoms with van der Waals surface area (Å²) in [6, 6.07) is 8.08. The van der Waals surface area contributed by atoms with Crippen molar-refractivity contribution in [2.45, 2.75) is 6.54 Å². The van der Waals surface area contributed by atoms with Gasteiger partial charge < -0.3 is 14.9 Å². The Labute approximate surface area is 113 Å². The molecular formula is C12H9ClN2O4. The number of carboxylic acids is 1. The first kappa shape index (κ1) is 13.1. The molecular weight excluding hydrogens is 272 g/mol. The lowest BCUT2D eigenvalue weighted by Gasteiger charge is -2.03. The van der Waals surface area contributed by atoms with Gasteiger partial charge in [-0.3, -0.25) is 4.79 Å². The number of nitrogens with one attached hydrogen (secondary N) is 1. The number of halogens is 1. The third kappa shape index (κ3) is 3.32. The minimum atomic E-state index is -1.28. The number of carbonyl (C=O) groups is 2. The number of hydrogen-bond donors (Lipinski definition) is 2. The molecule has 0 unspecified atom stereocenters. The number of rotatable bonds is 4. The Hall–Kier alpha value is -2.34. The van der Waals surface area contributed by atoms with Gasteiger partial charge in [0, 0.05) is 17.6 Å². The fourth-order valence-corrected chi connectivity index (χ4v) is 1.62. The van der Waals surface area contributed by atoms with Gasteiger partial charge in [-0.25, -0.2) is 4.79 Å². The van der Waals surface area contributed by atoms with Crippen LogP contribution in [0.1, 0.15) is 26.6 Å². The smallest absolute Gasteiger partial charge is 0.374 e. The Balaban J connectivity index is 1.99. The third-order valence-electron chi connectivity index (χ3n) is 2.30. The van der Waals surface area contributed by atoms with E-state index in [-0.39, 0.29) is 18.0 Å². The van der Waals surface area contributed by atoms with Gasteiger partial charge in [0.05, 0.1) is 0 Å². The van der Waals surface area contributed by atoms with E-state index in [4.69, 9.17) is 16.7 Å². The molecule has 0 saturated heterocycles. The molecule has 7 heteroatoms. The number of hydrogen-bond acceptors (Lipinski definition) is 4. The summed E-state index contributed by atoms with van der Waals surface area (Å²) in [6.07, 6.45) is 0. The molecule has 0 saturated carbocycles. The summed E-state index contributed by atoms with van der Waals surface area (Å²) in [5.74, 6) is -2.18. The fourth-order valence-electron chi connectivity index (χ4n) is 1.40. The van der Waals surface area contributed by atoms with Crippen LogP contribution in [-0.4, -0.2) is 22.1 Å². The normalized spacial score (nSPS) is 10.2. The quantitative estimate of drug-likeness (QED) is 0.893. The molecule has 2 aromatic rings. The summed E-state index contributed by atoms with van der Waals surface area (Å²) in [6.45, 7) is 0.259.